The molecule has 3 rings (SSSR count). The van der Waals surface area contributed by atoms with Crippen LogP contribution in [0.4, 0.5) is 13.2 Å². The van der Waals surface area contributed by atoms with E-state index in [4.69, 9.17) is 14.2 Å². The quantitative estimate of drug-likeness (QED) is 0.638. The van der Waals surface area contributed by atoms with Crippen molar-refractivity contribution in [3.63, 3.8) is 0 Å². The molecule has 1 amide bonds. The van der Waals surface area contributed by atoms with E-state index in [-0.39, 0.29) is 25.3 Å². The van der Waals surface area contributed by atoms with Gasteiger partial charge in [-0.15, -0.1) is 0 Å². The minimum atomic E-state index is -4.46. The third-order valence-electron chi connectivity index (χ3n) is 4.56. The van der Waals surface area contributed by atoms with E-state index in [0.717, 1.165) is 12.1 Å². The molecule has 0 fully saturated rings. The van der Waals surface area contributed by atoms with Gasteiger partial charge >= 0.3 is 12.1 Å². The molecule has 0 atom stereocenters. The van der Waals surface area contributed by atoms with Gasteiger partial charge in [0, 0.05) is 18.5 Å². The zero-order chi connectivity index (χ0) is 22.4. The Labute approximate surface area is 177 Å². The van der Waals surface area contributed by atoms with Gasteiger partial charge in [-0.2, -0.15) is 13.2 Å². The molecule has 1 aliphatic rings. The first-order valence-electron chi connectivity index (χ1n) is 9.78. The fourth-order valence-electron chi connectivity index (χ4n) is 3.06. The van der Waals surface area contributed by atoms with Crippen molar-refractivity contribution >= 4 is 11.9 Å². The van der Waals surface area contributed by atoms with E-state index in [0.29, 0.717) is 36.7 Å². The Morgan fingerprint density at radius 1 is 1.03 bits per heavy atom. The largest absolute Gasteiger partial charge is 0.490 e. The summed E-state index contributed by atoms with van der Waals surface area (Å²) in [6.45, 7) is 2.33. The fourth-order valence-corrected chi connectivity index (χ4v) is 3.06. The number of halogens is 3. The zero-order valence-electron chi connectivity index (χ0n) is 16.9. The van der Waals surface area contributed by atoms with Gasteiger partial charge in [-0.25, -0.2) is 0 Å². The van der Waals surface area contributed by atoms with Crippen LogP contribution in [0.5, 0.6) is 11.5 Å². The number of benzene rings is 2. The summed E-state index contributed by atoms with van der Waals surface area (Å²) in [5, 5.41) is 0. The number of esters is 1. The van der Waals surface area contributed by atoms with E-state index in [1.807, 2.05) is 0 Å². The second kappa shape index (κ2) is 9.72. The van der Waals surface area contributed by atoms with Crippen LogP contribution in [0.15, 0.2) is 42.5 Å². The van der Waals surface area contributed by atoms with Crippen LogP contribution in [0.3, 0.4) is 0 Å². The molecule has 9 heteroatoms. The van der Waals surface area contributed by atoms with Gasteiger partial charge in [0.15, 0.2) is 11.5 Å². The number of nitrogens with zero attached hydrogens (tertiary/aromatic N) is 1. The summed E-state index contributed by atoms with van der Waals surface area (Å²) in [6.07, 6.45) is -3.75. The third-order valence-corrected chi connectivity index (χ3v) is 4.56. The molecule has 0 radical (unpaired) electrons. The van der Waals surface area contributed by atoms with E-state index < -0.39 is 23.6 Å². The smallest absolute Gasteiger partial charge is 0.416 e. The van der Waals surface area contributed by atoms with Crippen molar-refractivity contribution in [2.24, 2.45) is 0 Å². The number of carbonyl (C=O) groups is 2. The van der Waals surface area contributed by atoms with Crippen LogP contribution in [0.25, 0.3) is 0 Å². The molecule has 0 spiro atoms. The highest BCUT2D eigenvalue weighted by atomic mass is 19.4. The molecule has 166 valence electrons. The second-order valence-corrected chi connectivity index (χ2v) is 6.87. The zero-order valence-corrected chi connectivity index (χ0v) is 16.9. The molecule has 0 saturated heterocycles. The molecule has 0 bridgehead atoms. The van der Waals surface area contributed by atoms with Gasteiger partial charge in [0.1, 0.15) is 6.54 Å². The summed E-state index contributed by atoms with van der Waals surface area (Å²) < 4.78 is 54.5. The average Bonchev–Trinajstić information content (AvgIpc) is 2.97. The van der Waals surface area contributed by atoms with E-state index in [1.54, 1.807) is 19.1 Å². The highest BCUT2D eigenvalue weighted by Gasteiger charge is 2.30. The van der Waals surface area contributed by atoms with Crippen LogP contribution in [0.2, 0.25) is 0 Å². The van der Waals surface area contributed by atoms with Crippen molar-refractivity contribution in [1.29, 1.82) is 0 Å². The first-order chi connectivity index (χ1) is 14.8. The maximum Gasteiger partial charge on any atom is 0.416 e. The van der Waals surface area contributed by atoms with Gasteiger partial charge in [-0.05, 0) is 42.8 Å². The summed E-state index contributed by atoms with van der Waals surface area (Å²) in [4.78, 5) is 26.4. The van der Waals surface area contributed by atoms with Gasteiger partial charge < -0.3 is 19.1 Å². The SMILES string of the molecule is CCOC(=O)CN(Cc1ccc(C(F)(F)F)cc1)C(=O)c1ccc2c(c1)OCCCO2. The van der Waals surface area contributed by atoms with E-state index in [2.05, 4.69) is 0 Å². The van der Waals surface area contributed by atoms with Crippen LogP contribution < -0.4 is 9.47 Å². The van der Waals surface area contributed by atoms with Crippen LogP contribution in [-0.4, -0.2) is 43.1 Å². The van der Waals surface area contributed by atoms with Gasteiger partial charge in [-0.3, -0.25) is 9.59 Å². The average molecular weight is 437 g/mol. The lowest BCUT2D eigenvalue weighted by molar-refractivity contribution is -0.144. The lowest BCUT2D eigenvalue weighted by Gasteiger charge is -2.22. The van der Waals surface area contributed by atoms with Gasteiger partial charge in [0.2, 0.25) is 0 Å². The molecule has 1 aliphatic heterocycles. The van der Waals surface area contributed by atoms with Crippen LogP contribution in [-0.2, 0) is 22.3 Å². The summed E-state index contributed by atoms with van der Waals surface area (Å²) in [7, 11) is 0. The molecule has 0 unspecified atom stereocenters. The van der Waals surface area contributed by atoms with Crippen molar-refractivity contribution < 1.29 is 37.0 Å². The van der Waals surface area contributed by atoms with Crippen molar-refractivity contribution in [3.8, 4) is 11.5 Å². The highest BCUT2D eigenvalue weighted by molar-refractivity contribution is 5.96. The summed E-state index contributed by atoms with van der Waals surface area (Å²) in [5.74, 6) is -0.150. The Morgan fingerprint density at radius 3 is 2.35 bits per heavy atom. The number of hydrogen-bond acceptors (Lipinski definition) is 5. The van der Waals surface area contributed by atoms with Gasteiger partial charge in [0.25, 0.3) is 5.91 Å². The van der Waals surface area contributed by atoms with Crippen molar-refractivity contribution in [1.82, 2.24) is 4.90 Å². The first-order valence-corrected chi connectivity index (χ1v) is 9.78. The van der Waals surface area contributed by atoms with E-state index in [9.17, 15) is 22.8 Å². The Morgan fingerprint density at radius 2 is 1.71 bits per heavy atom. The standard InChI is InChI=1S/C22H22F3NO5/c1-2-29-20(27)14-26(13-15-4-7-17(8-5-15)22(23,24)25)21(28)16-6-9-18-19(12-16)31-11-3-10-30-18/h4-9,12H,2-3,10-11,13-14H2,1H3. The minimum absolute atomic E-state index is 0.0653. The second-order valence-electron chi connectivity index (χ2n) is 6.87. The number of rotatable bonds is 6. The Hall–Kier alpha value is -3.23. The van der Waals surface area contributed by atoms with Crippen LogP contribution >= 0.6 is 0 Å². The number of hydrogen-bond donors (Lipinski definition) is 0. The third kappa shape index (κ3) is 5.90. The molecule has 0 saturated carbocycles. The topological polar surface area (TPSA) is 65.1 Å². The molecule has 31 heavy (non-hydrogen) atoms. The summed E-state index contributed by atoms with van der Waals surface area (Å²) in [5.41, 5.74) is -0.0807. The summed E-state index contributed by atoms with van der Waals surface area (Å²) in [6, 6.07) is 9.15. The van der Waals surface area contributed by atoms with E-state index in [1.165, 1.54) is 23.1 Å². The van der Waals surface area contributed by atoms with Gasteiger partial charge in [-0.1, -0.05) is 12.1 Å². The van der Waals surface area contributed by atoms with Crippen molar-refractivity contribution in [3.05, 3.63) is 59.2 Å². The van der Waals surface area contributed by atoms with Crippen molar-refractivity contribution in [2.75, 3.05) is 26.4 Å². The molecule has 2 aromatic carbocycles. The molecule has 0 aliphatic carbocycles. The summed E-state index contributed by atoms with van der Waals surface area (Å²) >= 11 is 0. The van der Waals surface area contributed by atoms with E-state index >= 15 is 0 Å². The predicted molar refractivity (Wildman–Crippen MR) is 105 cm³/mol. The molecular weight excluding hydrogens is 415 g/mol. The number of amides is 1. The van der Waals surface area contributed by atoms with Crippen LogP contribution in [0.1, 0.15) is 34.8 Å². The maximum absolute atomic E-state index is 13.1. The normalized spacial score (nSPS) is 13.3. The minimum Gasteiger partial charge on any atom is -0.490 e. The first kappa shape index (κ1) is 22.5. The predicted octanol–water partition coefficient (Wildman–Crippen LogP) is 4.07. The Kier molecular flexibility index (Phi) is 7.04. The monoisotopic (exact) mass is 437 g/mol. The lowest BCUT2D eigenvalue weighted by Crippen LogP contribution is -2.36. The molecule has 1 heterocycles. The number of ether oxygens (including phenoxy) is 3. The molecule has 0 aromatic heterocycles. The number of alkyl halides is 3. The van der Waals surface area contributed by atoms with Gasteiger partial charge in [0.05, 0.1) is 25.4 Å². The number of carbonyl (C=O) groups excluding carboxylic acids is 2. The molecular formula is C22H22F3NO5. The van der Waals surface area contributed by atoms with Crippen LogP contribution in [0, 0.1) is 0 Å². The number of fused-ring (bicyclic) bond motifs is 1. The maximum atomic E-state index is 13.1. The van der Waals surface area contributed by atoms with Crippen molar-refractivity contribution in [2.45, 2.75) is 26.1 Å². The Balaban J connectivity index is 1.83. The molecule has 2 aromatic rings. The fraction of sp³-hybridized carbons (Fsp3) is 0.364. The molecule has 6 nitrogen and oxygen atoms in total. The lowest BCUT2D eigenvalue weighted by atomic mass is 10.1. The Bertz CT molecular complexity index is 928. The molecule has 0 N–H and O–H groups in total. The highest BCUT2D eigenvalue weighted by Crippen LogP contribution is 2.31.